The fraction of sp³-hybridized carbons (Fsp3) is 0.438. The molecule has 1 N–H and O–H groups in total. The topological polar surface area (TPSA) is 97.7 Å². The first-order valence-corrected chi connectivity index (χ1v) is 7.10. The number of fused-ring (bicyclic) bond motifs is 1. The first-order chi connectivity index (χ1) is 11.4. The zero-order chi connectivity index (χ0) is 17.8. The third-order valence-electron chi connectivity index (χ3n) is 5.02. The SMILES string of the molecule is COC(=O)[C@@]12C(=O)NC(OC)(OC)[C@]1(C#N)[C@H]2c1ccc(F)cc1. The van der Waals surface area contributed by atoms with Crippen LogP contribution in [-0.4, -0.2) is 39.1 Å². The number of hydrogen-bond donors (Lipinski definition) is 1. The Labute approximate surface area is 137 Å². The van der Waals surface area contributed by atoms with Gasteiger partial charge in [-0.3, -0.25) is 9.59 Å². The lowest BCUT2D eigenvalue weighted by molar-refractivity contribution is -0.248. The van der Waals surface area contributed by atoms with Crippen molar-refractivity contribution in [3.05, 3.63) is 35.6 Å². The van der Waals surface area contributed by atoms with Crippen LogP contribution in [0.1, 0.15) is 11.5 Å². The highest BCUT2D eigenvalue weighted by molar-refractivity contribution is 6.13. The van der Waals surface area contributed by atoms with Gasteiger partial charge in [-0.05, 0) is 17.7 Å². The van der Waals surface area contributed by atoms with E-state index in [9.17, 15) is 19.2 Å². The molecule has 1 amide bonds. The number of nitrogens with zero attached hydrogens (tertiary/aromatic N) is 1. The van der Waals surface area contributed by atoms with Crippen LogP contribution in [0.2, 0.25) is 0 Å². The van der Waals surface area contributed by atoms with Gasteiger partial charge in [-0.1, -0.05) is 12.1 Å². The first kappa shape index (κ1) is 16.4. The van der Waals surface area contributed by atoms with E-state index in [1.165, 1.54) is 38.5 Å². The first-order valence-electron chi connectivity index (χ1n) is 7.10. The zero-order valence-corrected chi connectivity index (χ0v) is 13.3. The van der Waals surface area contributed by atoms with Crippen molar-refractivity contribution in [3.8, 4) is 6.07 Å². The second-order valence-electron chi connectivity index (χ2n) is 5.68. The summed E-state index contributed by atoms with van der Waals surface area (Å²) in [7, 11) is 3.65. The smallest absolute Gasteiger partial charge is 0.324 e. The average Bonchev–Trinajstić information content (AvgIpc) is 3.18. The monoisotopic (exact) mass is 334 g/mol. The molecule has 0 aromatic heterocycles. The molecule has 1 aromatic rings. The maximum absolute atomic E-state index is 13.2. The third-order valence-corrected chi connectivity index (χ3v) is 5.02. The minimum atomic E-state index is -1.82. The molecular weight excluding hydrogens is 319 g/mol. The number of rotatable bonds is 4. The molecule has 1 saturated carbocycles. The molecule has 1 aliphatic carbocycles. The van der Waals surface area contributed by atoms with Crippen molar-refractivity contribution in [3.63, 3.8) is 0 Å². The predicted octanol–water partition coefficient (Wildman–Crippen LogP) is 0.669. The van der Waals surface area contributed by atoms with E-state index < -0.39 is 40.4 Å². The number of halogens is 1. The Bertz CT molecular complexity index is 755. The lowest BCUT2D eigenvalue weighted by Crippen LogP contribution is -2.54. The van der Waals surface area contributed by atoms with Gasteiger partial charge in [-0.15, -0.1) is 0 Å². The summed E-state index contributed by atoms with van der Waals surface area (Å²) in [5.41, 5.74) is -3.05. The Morgan fingerprint density at radius 3 is 2.29 bits per heavy atom. The van der Waals surface area contributed by atoms with Crippen molar-refractivity contribution in [1.29, 1.82) is 5.26 Å². The second kappa shape index (κ2) is 5.00. The van der Waals surface area contributed by atoms with Crippen LogP contribution in [0.5, 0.6) is 0 Å². The molecule has 3 rings (SSSR count). The number of methoxy groups -OCH3 is 3. The maximum atomic E-state index is 13.2. The summed E-state index contributed by atoms with van der Waals surface area (Å²) in [6.07, 6.45) is 0. The normalized spacial score (nSPS) is 32.5. The van der Waals surface area contributed by atoms with Crippen molar-refractivity contribution in [2.75, 3.05) is 21.3 Å². The van der Waals surface area contributed by atoms with Gasteiger partial charge in [0.25, 0.3) is 5.91 Å². The lowest BCUT2D eigenvalue weighted by Gasteiger charge is -2.32. The van der Waals surface area contributed by atoms with Crippen LogP contribution >= 0.6 is 0 Å². The van der Waals surface area contributed by atoms with Crippen LogP contribution in [-0.2, 0) is 23.8 Å². The molecule has 0 unspecified atom stereocenters. The summed E-state index contributed by atoms with van der Waals surface area (Å²) in [5, 5.41) is 12.3. The van der Waals surface area contributed by atoms with Gasteiger partial charge in [-0.25, -0.2) is 4.39 Å². The van der Waals surface area contributed by atoms with E-state index in [0.29, 0.717) is 5.56 Å². The average molecular weight is 334 g/mol. The van der Waals surface area contributed by atoms with Gasteiger partial charge in [0.2, 0.25) is 5.91 Å². The number of carbonyl (C=O) groups is 2. The van der Waals surface area contributed by atoms with Crippen molar-refractivity contribution in [2.24, 2.45) is 10.8 Å². The molecule has 0 spiro atoms. The number of esters is 1. The maximum Gasteiger partial charge on any atom is 0.324 e. The third kappa shape index (κ3) is 1.46. The van der Waals surface area contributed by atoms with E-state index in [0.717, 1.165) is 7.11 Å². The molecule has 0 bridgehead atoms. The summed E-state index contributed by atoms with van der Waals surface area (Å²) in [6, 6.07) is 7.26. The number of piperidine rings is 1. The molecule has 24 heavy (non-hydrogen) atoms. The molecule has 0 radical (unpaired) electrons. The molecule has 2 aliphatic rings. The quantitative estimate of drug-likeness (QED) is 0.494. The summed E-state index contributed by atoms with van der Waals surface area (Å²) in [4.78, 5) is 25.2. The van der Waals surface area contributed by atoms with Gasteiger partial charge >= 0.3 is 5.97 Å². The fourth-order valence-electron chi connectivity index (χ4n) is 4.00. The van der Waals surface area contributed by atoms with Gasteiger partial charge in [0.05, 0.1) is 13.2 Å². The fourth-order valence-corrected chi connectivity index (χ4v) is 4.00. The summed E-state index contributed by atoms with van der Waals surface area (Å²) in [6.45, 7) is 0. The largest absolute Gasteiger partial charge is 0.468 e. The van der Waals surface area contributed by atoms with E-state index in [-0.39, 0.29) is 0 Å². The van der Waals surface area contributed by atoms with E-state index in [2.05, 4.69) is 5.32 Å². The number of hydrogen-bond acceptors (Lipinski definition) is 6. The van der Waals surface area contributed by atoms with Gasteiger partial charge in [0, 0.05) is 20.1 Å². The van der Waals surface area contributed by atoms with Crippen LogP contribution in [0.4, 0.5) is 4.39 Å². The Balaban J connectivity index is 2.26. The summed E-state index contributed by atoms with van der Waals surface area (Å²) >= 11 is 0. The molecule has 1 saturated heterocycles. The van der Waals surface area contributed by atoms with Crippen molar-refractivity contribution in [1.82, 2.24) is 5.32 Å². The Kier molecular flexibility index (Phi) is 3.41. The summed E-state index contributed by atoms with van der Waals surface area (Å²) < 4.78 is 28.6. The molecule has 7 nitrogen and oxygen atoms in total. The number of ether oxygens (including phenoxy) is 3. The van der Waals surface area contributed by atoms with Gasteiger partial charge in [-0.2, -0.15) is 5.26 Å². The molecule has 8 heteroatoms. The van der Waals surface area contributed by atoms with Gasteiger partial charge in [0.15, 0.2) is 10.8 Å². The Morgan fingerprint density at radius 1 is 1.25 bits per heavy atom. The van der Waals surface area contributed by atoms with Crippen molar-refractivity contribution < 1.29 is 28.2 Å². The van der Waals surface area contributed by atoms with Crippen LogP contribution in [0.3, 0.4) is 0 Å². The minimum Gasteiger partial charge on any atom is -0.468 e. The van der Waals surface area contributed by atoms with E-state index in [1.807, 2.05) is 6.07 Å². The molecule has 1 heterocycles. The van der Waals surface area contributed by atoms with Crippen LogP contribution in [0.15, 0.2) is 24.3 Å². The molecule has 1 aromatic carbocycles. The number of amides is 1. The highest BCUT2D eigenvalue weighted by Crippen LogP contribution is 2.81. The van der Waals surface area contributed by atoms with Crippen molar-refractivity contribution >= 4 is 11.9 Å². The van der Waals surface area contributed by atoms with Gasteiger partial charge < -0.3 is 19.5 Å². The Morgan fingerprint density at radius 2 is 1.83 bits per heavy atom. The number of nitrogens with one attached hydrogen (secondary N) is 1. The number of nitriles is 1. The van der Waals surface area contributed by atoms with Crippen LogP contribution in [0, 0.1) is 28.0 Å². The molecular formula is C16H15FN2O5. The highest BCUT2D eigenvalue weighted by Gasteiger charge is 2.98. The molecule has 2 fully saturated rings. The van der Waals surface area contributed by atoms with E-state index in [4.69, 9.17) is 14.2 Å². The van der Waals surface area contributed by atoms with Crippen LogP contribution < -0.4 is 5.32 Å². The van der Waals surface area contributed by atoms with E-state index >= 15 is 0 Å². The van der Waals surface area contributed by atoms with Crippen molar-refractivity contribution in [2.45, 2.75) is 11.8 Å². The zero-order valence-electron chi connectivity index (χ0n) is 13.3. The number of carbonyl (C=O) groups excluding carboxylic acids is 2. The minimum absolute atomic E-state index is 0.441. The van der Waals surface area contributed by atoms with E-state index in [1.54, 1.807) is 0 Å². The molecule has 3 atom stereocenters. The molecule has 1 aliphatic heterocycles. The molecule has 126 valence electrons. The van der Waals surface area contributed by atoms with Crippen LogP contribution in [0.25, 0.3) is 0 Å². The predicted molar refractivity (Wildman–Crippen MR) is 76.5 cm³/mol. The number of benzene rings is 1. The van der Waals surface area contributed by atoms with Gasteiger partial charge in [0.1, 0.15) is 5.82 Å². The highest BCUT2D eigenvalue weighted by atomic mass is 19.1. The summed E-state index contributed by atoms with van der Waals surface area (Å²) in [5.74, 6) is -4.78. The second-order valence-corrected chi connectivity index (χ2v) is 5.68. The standard InChI is InChI=1S/C16H15FN2O5/c1-22-13(21)15-11(9-4-6-10(17)7-5-9)14(15,8-18)16(23-2,24-3)19-12(15)20/h4-7,11H,1-3H3,(H,19,20)/t11-,14-,15-/m1/s1. The lowest BCUT2D eigenvalue weighted by atomic mass is 9.94. The Hall–Kier alpha value is -2.50.